The highest BCUT2D eigenvalue weighted by atomic mass is 35.5. The van der Waals surface area contributed by atoms with Gasteiger partial charge < -0.3 is 9.84 Å². The summed E-state index contributed by atoms with van der Waals surface area (Å²) in [6.07, 6.45) is 0.723. The van der Waals surface area contributed by atoms with Gasteiger partial charge in [0, 0.05) is 12.1 Å². The summed E-state index contributed by atoms with van der Waals surface area (Å²) in [4.78, 5) is 0. The van der Waals surface area contributed by atoms with Gasteiger partial charge in [-0.3, -0.25) is 4.68 Å². The molecule has 0 atom stereocenters. The third kappa shape index (κ3) is 3.19. The van der Waals surface area contributed by atoms with Crippen molar-refractivity contribution >= 4 is 11.6 Å². The SMILES string of the molecule is CCc1nn(CC)c(COc2c(F)cccc2CO)c1Cl. The highest BCUT2D eigenvalue weighted by Gasteiger charge is 2.16. The van der Waals surface area contributed by atoms with Crippen LogP contribution in [0, 0.1) is 5.82 Å². The van der Waals surface area contributed by atoms with Crippen LogP contribution in [-0.4, -0.2) is 14.9 Å². The Morgan fingerprint density at radius 1 is 1.38 bits per heavy atom. The molecule has 0 saturated heterocycles. The number of hydrogen-bond donors (Lipinski definition) is 1. The minimum absolute atomic E-state index is 0.0537. The predicted molar refractivity (Wildman–Crippen MR) is 78.9 cm³/mol. The molecule has 1 N–H and O–H groups in total. The van der Waals surface area contributed by atoms with Gasteiger partial charge in [0.2, 0.25) is 0 Å². The molecule has 6 heteroatoms. The number of halogens is 2. The van der Waals surface area contributed by atoms with Gasteiger partial charge >= 0.3 is 0 Å². The van der Waals surface area contributed by atoms with Crippen LogP contribution in [0.2, 0.25) is 5.02 Å². The van der Waals surface area contributed by atoms with Crippen molar-refractivity contribution in [3.8, 4) is 5.75 Å². The average Bonchev–Trinajstić information content (AvgIpc) is 2.81. The highest BCUT2D eigenvalue weighted by Crippen LogP contribution is 2.27. The molecule has 1 aromatic carbocycles. The predicted octanol–water partition coefficient (Wildman–Crippen LogP) is 3.33. The molecular formula is C15H18ClFN2O2. The lowest BCUT2D eigenvalue weighted by atomic mass is 10.2. The van der Waals surface area contributed by atoms with Crippen molar-refractivity contribution in [1.29, 1.82) is 0 Å². The fourth-order valence-corrected chi connectivity index (χ4v) is 2.46. The van der Waals surface area contributed by atoms with E-state index in [1.807, 2.05) is 13.8 Å². The lowest BCUT2D eigenvalue weighted by molar-refractivity contribution is 0.246. The number of nitrogens with zero attached hydrogens (tertiary/aromatic N) is 2. The van der Waals surface area contributed by atoms with Crippen LogP contribution in [0.3, 0.4) is 0 Å². The molecule has 0 aliphatic rings. The van der Waals surface area contributed by atoms with E-state index in [1.54, 1.807) is 10.7 Å². The molecule has 2 aromatic rings. The summed E-state index contributed by atoms with van der Waals surface area (Å²) in [6.45, 7) is 4.40. The maximum atomic E-state index is 13.8. The van der Waals surface area contributed by atoms with Crippen LogP contribution in [0.1, 0.15) is 30.8 Å². The first kappa shape index (κ1) is 15.8. The molecule has 4 nitrogen and oxygen atoms in total. The normalized spacial score (nSPS) is 10.9. The molecule has 0 saturated carbocycles. The molecule has 114 valence electrons. The number of aliphatic hydroxyl groups excluding tert-OH is 1. The Labute approximate surface area is 128 Å². The van der Waals surface area contributed by atoms with E-state index < -0.39 is 5.82 Å². The van der Waals surface area contributed by atoms with Crippen LogP contribution in [0.5, 0.6) is 5.75 Å². The molecule has 2 rings (SSSR count). The number of para-hydroxylation sites is 1. The number of hydrogen-bond acceptors (Lipinski definition) is 3. The molecule has 21 heavy (non-hydrogen) atoms. The van der Waals surface area contributed by atoms with Gasteiger partial charge in [-0.15, -0.1) is 0 Å². The van der Waals surface area contributed by atoms with Crippen molar-refractivity contribution in [2.75, 3.05) is 0 Å². The van der Waals surface area contributed by atoms with E-state index in [1.165, 1.54) is 12.1 Å². The second-order valence-corrected chi connectivity index (χ2v) is 4.93. The molecule has 1 heterocycles. The molecule has 0 bridgehead atoms. The first-order chi connectivity index (χ1) is 10.1. The number of benzene rings is 1. The zero-order chi connectivity index (χ0) is 15.4. The zero-order valence-electron chi connectivity index (χ0n) is 12.1. The van der Waals surface area contributed by atoms with E-state index in [9.17, 15) is 9.50 Å². The van der Waals surface area contributed by atoms with Crippen LogP contribution in [0.25, 0.3) is 0 Å². The maximum absolute atomic E-state index is 13.8. The minimum Gasteiger partial charge on any atom is -0.484 e. The number of aromatic nitrogens is 2. The standard InChI is InChI=1S/C15H18ClFN2O2/c1-3-12-14(16)13(19(4-2)18-12)9-21-15-10(8-20)6-5-7-11(15)17/h5-7,20H,3-4,8-9H2,1-2H3. The van der Waals surface area contributed by atoms with Crippen molar-refractivity contribution in [2.24, 2.45) is 0 Å². The number of rotatable bonds is 6. The summed E-state index contributed by atoms with van der Waals surface area (Å²) in [5.41, 5.74) is 1.92. The van der Waals surface area contributed by atoms with E-state index in [4.69, 9.17) is 16.3 Å². The number of aryl methyl sites for hydroxylation is 2. The van der Waals surface area contributed by atoms with Gasteiger partial charge in [-0.2, -0.15) is 5.10 Å². The first-order valence-electron chi connectivity index (χ1n) is 6.87. The van der Waals surface area contributed by atoms with Crippen molar-refractivity contribution in [1.82, 2.24) is 9.78 Å². The lowest BCUT2D eigenvalue weighted by Crippen LogP contribution is -2.08. The van der Waals surface area contributed by atoms with Crippen LogP contribution < -0.4 is 4.74 Å². The molecule has 0 aliphatic heterocycles. The maximum Gasteiger partial charge on any atom is 0.165 e. The molecule has 1 aromatic heterocycles. The fourth-order valence-electron chi connectivity index (χ4n) is 2.14. The fraction of sp³-hybridized carbons (Fsp3) is 0.400. The van der Waals surface area contributed by atoms with Gasteiger partial charge in [0.15, 0.2) is 11.6 Å². The summed E-state index contributed by atoms with van der Waals surface area (Å²) in [6, 6.07) is 4.45. The Morgan fingerprint density at radius 2 is 2.14 bits per heavy atom. The van der Waals surface area contributed by atoms with E-state index in [0.29, 0.717) is 22.8 Å². The average molecular weight is 313 g/mol. The second kappa shape index (κ2) is 6.91. The molecule has 0 unspecified atom stereocenters. The number of aliphatic hydroxyl groups is 1. The molecule has 0 radical (unpaired) electrons. The largest absolute Gasteiger partial charge is 0.484 e. The van der Waals surface area contributed by atoms with Gasteiger partial charge in [-0.05, 0) is 19.4 Å². The van der Waals surface area contributed by atoms with Gasteiger partial charge in [0.05, 0.1) is 23.0 Å². The van der Waals surface area contributed by atoms with Gasteiger partial charge in [-0.1, -0.05) is 30.7 Å². The van der Waals surface area contributed by atoms with Crippen molar-refractivity contribution < 1.29 is 14.2 Å². The van der Waals surface area contributed by atoms with E-state index >= 15 is 0 Å². The minimum atomic E-state index is -0.504. The van der Waals surface area contributed by atoms with Crippen LogP contribution >= 0.6 is 11.6 Å². The topological polar surface area (TPSA) is 47.3 Å². The van der Waals surface area contributed by atoms with Crippen LogP contribution in [0.15, 0.2) is 18.2 Å². The van der Waals surface area contributed by atoms with E-state index in [0.717, 1.165) is 12.1 Å². The Hall–Kier alpha value is -1.59. The summed E-state index contributed by atoms with van der Waals surface area (Å²) in [5.74, 6) is -0.450. The Morgan fingerprint density at radius 3 is 2.76 bits per heavy atom. The van der Waals surface area contributed by atoms with Crippen molar-refractivity contribution in [3.63, 3.8) is 0 Å². The summed E-state index contributed by atoms with van der Waals surface area (Å²) >= 11 is 6.28. The highest BCUT2D eigenvalue weighted by molar-refractivity contribution is 6.31. The summed E-state index contributed by atoms with van der Waals surface area (Å²) in [7, 11) is 0. The molecule has 0 aliphatic carbocycles. The van der Waals surface area contributed by atoms with Gasteiger partial charge in [-0.25, -0.2) is 4.39 Å². The molecule has 0 fully saturated rings. The Balaban J connectivity index is 2.26. The number of ether oxygens (including phenoxy) is 1. The molecular weight excluding hydrogens is 295 g/mol. The summed E-state index contributed by atoms with van der Waals surface area (Å²) in [5, 5.41) is 14.2. The lowest BCUT2D eigenvalue weighted by Gasteiger charge is -2.12. The molecule has 0 spiro atoms. The van der Waals surface area contributed by atoms with Gasteiger partial charge in [0.25, 0.3) is 0 Å². The Kier molecular flexibility index (Phi) is 5.20. The zero-order valence-corrected chi connectivity index (χ0v) is 12.8. The second-order valence-electron chi connectivity index (χ2n) is 4.55. The monoisotopic (exact) mass is 312 g/mol. The van der Waals surface area contributed by atoms with Gasteiger partial charge in [0.1, 0.15) is 6.61 Å². The van der Waals surface area contributed by atoms with E-state index in [-0.39, 0.29) is 19.0 Å². The molecule has 0 amide bonds. The van der Waals surface area contributed by atoms with E-state index in [2.05, 4.69) is 5.10 Å². The third-order valence-corrected chi connectivity index (χ3v) is 3.70. The smallest absolute Gasteiger partial charge is 0.165 e. The van der Waals surface area contributed by atoms with Crippen molar-refractivity contribution in [2.45, 2.75) is 40.0 Å². The first-order valence-corrected chi connectivity index (χ1v) is 7.25. The summed E-state index contributed by atoms with van der Waals surface area (Å²) < 4.78 is 21.1. The Bertz CT molecular complexity index is 628. The van der Waals surface area contributed by atoms with Crippen LogP contribution in [-0.2, 0) is 26.2 Å². The van der Waals surface area contributed by atoms with Crippen molar-refractivity contribution in [3.05, 3.63) is 46.0 Å². The quantitative estimate of drug-likeness (QED) is 0.890. The third-order valence-electron chi connectivity index (χ3n) is 3.27. The van der Waals surface area contributed by atoms with Crippen LogP contribution in [0.4, 0.5) is 4.39 Å².